The summed E-state index contributed by atoms with van der Waals surface area (Å²) in [5.41, 5.74) is 2.41. The number of rotatable bonds is 1. The van der Waals surface area contributed by atoms with Crippen molar-refractivity contribution in [2.75, 3.05) is 11.9 Å². The Morgan fingerprint density at radius 2 is 2.05 bits per heavy atom. The summed E-state index contributed by atoms with van der Waals surface area (Å²) in [6, 6.07) is 7.81. The van der Waals surface area contributed by atoms with Gasteiger partial charge in [-0.3, -0.25) is 9.59 Å². The molecular weight excluding hydrogens is 250 g/mol. The van der Waals surface area contributed by atoms with E-state index in [1.54, 1.807) is 18.9 Å². The van der Waals surface area contributed by atoms with E-state index in [1.165, 1.54) is 5.57 Å². The highest BCUT2D eigenvalue weighted by Crippen LogP contribution is 2.51. The zero-order valence-corrected chi connectivity index (χ0v) is 12.1. The maximum Gasteiger partial charge on any atom is 0.231 e. The number of hydrogen-bond donors (Lipinski definition) is 0. The van der Waals surface area contributed by atoms with E-state index in [9.17, 15) is 9.59 Å². The standard InChI is InChI=1S/C17H19NO2/c1-11-8-9-14-16(20)18(3)15-7-5-4-6-13(15)17(14,10-11)12(2)19/h4-8,14H,9-10H2,1-3H3/t14-,17-/m1/s1. The highest BCUT2D eigenvalue weighted by atomic mass is 16.2. The molecule has 1 aromatic rings. The fourth-order valence-corrected chi connectivity index (χ4v) is 3.81. The maximum atomic E-state index is 12.7. The van der Waals surface area contributed by atoms with E-state index >= 15 is 0 Å². The van der Waals surface area contributed by atoms with Gasteiger partial charge in [-0.25, -0.2) is 0 Å². The lowest BCUT2D eigenvalue weighted by Gasteiger charge is -2.47. The van der Waals surface area contributed by atoms with Crippen LogP contribution in [0.5, 0.6) is 0 Å². The minimum Gasteiger partial charge on any atom is -0.315 e. The van der Waals surface area contributed by atoms with Crippen LogP contribution in [0.1, 0.15) is 32.3 Å². The van der Waals surface area contributed by atoms with Gasteiger partial charge >= 0.3 is 0 Å². The lowest BCUT2D eigenvalue weighted by atomic mass is 9.58. The number of anilines is 1. The fourth-order valence-electron chi connectivity index (χ4n) is 3.81. The maximum absolute atomic E-state index is 12.7. The van der Waals surface area contributed by atoms with E-state index in [2.05, 4.69) is 6.08 Å². The number of nitrogens with zero attached hydrogens (tertiary/aromatic N) is 1. The van der Waals surface area contributed by atoms with Crippen LogP contribution >= 0.6 is 0 Å². The Morgan fingerprint density at radius 1 is 1.35 bits per heavy atom. The van der Waals surface area contributed by atoms with Crippen LogP contribution in [0.15, 0.2) is 35.9 Å². The van der Waals surface area contributed by atoms with Crippen LogP contribution in [0.3, 0.4) is 0 Å². The van der Waals surface area contributed by atoms with Crippen LogP contribution in [0.2, 0.25) is 0 Å². The molecule has 3 heteroatoms. The number of Topliss-reactive ketones (excluding diaryl/α,β-unsaturated/α-hetero) is 1. The number of benzene rings is 1. The minimum atomic E-state index is -0.668. The first-order valence-electron chi connectivity index (χ1n) is 7.02. The van der Waals surface area contributed by atoms with Gasteiger partial charge in [-0.05, 0) is 38.3 Å². The SMILES string of the molecule is CC(=O)[C@@]12CC(C)=CC[C@@H]1C(=O)N(C)c1ccccc12. The molecule has 1 heterocycles. The Morgan fingerprint density at radius 3 is 2.75 bits per heavy atom. The van der Waals surface area contributed by atoms with Gasteiger partial charge in [0.15, 0.2) is 0 Å². The van der Waals surface area contributed by atoms with Gasteiger partial charge < -0.3 is 4.90 Å². The molecule has 0 aromatic heterocycles. The lowest BCUT2D eigenvalue weighted by Crippen LogP contribution is -2.55. The van der Waals surface area contributed by atoms with Gasteiger partial charge in [0.2, 0.25) is 5.91 Å². The fraction of sp³-hybridized carbons (Fsp3) is 0.412. The first-order valence-corrected chi connectivity index (χ1v) is 7.02. The van der Waals surface area contributed by atoms with E-state index in [0.29, 0.717) is 12.8 Å². The van der Waals surface area contributed by atoms with Crippen molar-refractivity contribution in [3.05, 3.63) is 41.5 Å². The number of allylic oxidation sites excluding steroid dienone is 2. The molecule has 0 unspecified atom stereocenters. The molecule has 0 fully saturated rings. The molecule has 104 valence electrons. The van der Waals surface area contributed by atoms with Crippen LogP contribution < -0.4 is 4.90 Å². The number of carbonyl (C=O) groups excluding carboxylic acids is 2. The van der Waals surface area contributed by atoms with Crippen molar-refractivity contribution in [2.24, 2.45) is 5.92 Å². The molecule has 0 bridgehead atoms. The number of hydrogen-bond acceptors (Lipinski definition) is 2. The second-order valence-electron chi connectivity index (χ2n) is 5.96. The van der Waals surface area contributed by atoms with Crippen LogP contribution in [0.25, 0.3) is 0 Å². The van der Waals surface area contributed by atoms with E-state index < -0.39 is 5.41 Å². The first-order chi connectivity index (χ1) is 9.48. The monoisotopic (exact) mass is 269 g/mol. The average Bonchev–Trinajstić information content (AvgIpc) is 2.44. The first kappa shape index (κ1) is 13.1. The van der Waals surface area contributed by atoms with Crippen molar-refractivity contribution >= 4 is 17.4 Å². The Balaban J connectivity index is 2.32. The molecule has 1 amide bonds. The van der Waals surface area contributed by atoms with Crippen LogP contribution in [0, 0.1) is 5.92 Å². The van der Waals surface area contributed by atoms with Crippen molar-refractivity contribution in [2.45, 2.75) is 32.1 Å². The van der Waals surface area contributed by atoms with Gasteiger partial charge in [0.25, 0.3) is 0 Å². The summed E-state index contributed by atoms with van der Waals surface area (Å²) in [7, 11) is 1.80. The van der Waals surface area contributed by atoms with E-state index in [4.69, 9.17) is 0 Å². The Bertz CT molecular complexity index is 632. The normalized spacial score (nSPS) is 28.6. The van der Waals surface area contributed by atoms with Gasteiger partial charge in [-0.2, -0.15) is 0 Å². The molecule has 0 radical (unpaired) electrons. The van der Waals surface area contributed by atoms with E-state index in [-0.39, 0.29) is 17.6 Å². The second-order valence-corrected chi connectivity index (χ2v) is 5.96. The van der Waals surface area contributed by atoms with E-state index in [1.807, 2.05) is 31.2 Å². The molecule has 2 atom stereocenters. The molecular formula is C17H19NO2. The zero-order chi connectivity index (χ0) is 14.5. The van der Waals surface area contributed by atoms with Crippen molar-refractivity contribution in [1.29, 1.82) is 0 Å². The molecule has 1 aromatic carbocycles. The summed E-state index contributed by atoms with van der Waals surface area (Å²) in [5.74, 6) is -0.102. The molecule has 0 N–H and O–H groups in total. The Kier molecular flexibility index (Phi) is 2.82. The highest BCUT2D eigenvalue weighted by Gasteiger charge is 2.54. The molecule has 0 saturated heterocycles. The predicted molar refractivity (Wildman–Crippen MR) is 78.7 cm³/mol. The third-order valence-electron chi connectivity index (χ3n) is 4.86. The molecule has 1 aliphatic carbocycles. The Hall–Kier alpha value is -1.90. The van der Waals surface area contributed by atoms with Crippen molar-refractivity contribution in [3.8, 4) is 0 Å². The zero-order valence-electron chi connectivity index (χ0n) is 12.1. The summed E-state index contributed by atoms with van der Waals surface area (Å²) in [6.45, 7) is 3.67. The van der Waals surface area contributed by atoms with Crippen LogP contribution in [-0.2, 0) is 15.0 Å². The van der Waals surface area contributed by atoms with Gasteiger partial charge in [0.05, 0.1) is 11.3 Å². The molecule has 3 nitrogen and oxygen atoms in total. The lowest BCUT2D eigenvalue weighted by molar-refractivity contribution is -0.134. The van der Waals surface area contributed by atoms with E-state index in [0.717, 1.165) is 11.3 Å². The molecule has 0 saturated carbocycles. The van der Waals surface area contributed by atoms with Crippen LogP contribution in [-0.4, -0.2) is 18.7 Å². The number of amides is 1. The predicted octanol–water partition coefficient (Wildman–Crippen LogP) is 2.85. The summed E-state index contributed by atoms with van der Waals surface area (Å²) in [6.07, 6.45) is 3.41. The molecule has 20 heavy (non-hydrogen) atoms. The third-order valence-corrected chi connectivity index (χ3v) is 4.86. The summed E-state index contributed by atoms with van der Waals surface area (Å²) >= 11 is 0. The average molecular weight is 269 g/mol. The molecule has 2 aliphatic rings. The van der Waals surface area contributed by atoms with Crippen molar-refractivity contribution in [3.63, 3.8) is 0 Å². The number of fused-ring (bicyclic) bond motifs is 3. The van der Waals surface area contributed by atoms with Gasteiger partial charge in [-0.15, -0.1) is 0 Å². The second kappa shape index (κ2) is 4.30. The Labute approximate surface area is 119 Å². The smallest absolute Gasteiger partial charge is 0.231 e. The highest BCUT2D eigenvalue weighted by molar-refractivity contribution is 6.07. The van der Waals surface area contributed by atoms with Gasteiger partial charge in [-0.1, -0.05) is 29.8 Å². The number of carbonyl (C=O) groups is 2. The van der Waals surface area contributed by atoms with Gasteiger partial charge in [0.1, 0.15) is 5.78 Å². The minimum absolute atomic E-state index is 0.0580. The number of ketones is 1. The quantitative estimate of drug-likeness (QED) is 0.735. The van der Waals surface area contributed by atoms with Crippen molar-refractivity contribution in [1.82, 2.24) is 0 Å². The molecule has 3 rings (SSSR count). The molecule has 1 aliphatic heterocycles. The number of para-hydroxylation sites is 1. The van der Waals surface area contributed by atoms with Crippen molar-refractivity contribution < 1.29 is 9.59 Å². The molecule has 0 spiro atoms. The summed E-state index contributed by atoms with van der Waals surface area (Å²) < 4.78 is 0. The van der Waals surface area contributed by atoms with Crippen LogP contribution in [0.4, 0.5) is 5.69 Å². The topological polar surface area (TPSA) is 37.4 Å². The third kappa shape index (κ3) is 1.52. The van der Waals surface area contributed by atoms with Gasteiger partial charge in [0, 0.05) is 12.7 Å². The summed E-state index contributed by atoms with van der Waals surface area (Å²) in [4.78, 5) is 26.9. The largest absolute Gasteiger partial charge is 0.315 e. The summed E-state index contributed by atoms with van der Waals surface area (Å²) in [5, 5.41) is 0.